The average molecular weight is 498 g/mol. The lowest BCUT2D eigenvalue weighted by Gasteiger charge is -2.31. The molecule has 33 heavy (non-hydrogen) atoms. The fourth-order valence-electron chi connectivity index (χ4n) is 3.11. The number of halogens is 2. The van der Waals surface area contributed by atoms with E-state index in [9.17, 15) is 22.4 Å². The standard InChI is InChI=1S/C23H29ClFN3O4S/c1-16(2)13-26-23(30)17(3)27(14-18-7-5-8-19(24)11-18)22(29)15-28(33(4,31)32)21-10-6-9-20(25)12-21/h5-12,16-17H,13-15H2,1-4H3,(H,26,30). The molecule has 0 aliphatic carbocycles. The Morgan fingerprint density at radius 2 is 1.76 bits per heavy atom. The van der Waals surface area contributed by atoms with Crippen molar-refractivity contribution in [2.24, 2.45) is 5.92 Å². The van der Waals surface area contributed by atoms with Crippen molar-refractivity contribution in [1.29, 1.82) is 0 Å². The molecule has 10 heteroatoms. The fourth-order valence-corrected chi connectivity index (χ4v) is 4.17. The third-order valence-corrected chi connectivity index (χ3v) is 6.24. The van der Waals surface area contributed by atoms with Crippen LogP contribution in [0.25, 0.3) is 0 Å². The molecule has 0 saturated carbocycles. The third kappa shape index (κ3) is 8.01. The van der Waals surface area contributed by atoms with Crippen molar-refractivity contribution < 1.29 is 22.4 Å². The first-order valence-corrected chi connectivity index (χ1v) is 12.7. The quantitative estimate of drug-likeness (QED) is 0.544. The number of rotatable bonds is 10. The van der Waals surface area contributed by atoms with E-state index in [0.717, 1.165) is 16.6 Å². The number of amides is 2. The first kappa shape index (κ1) is 26.6. The number of hydrogen-bond donors (Lipinski definition) is 1. The molecule has 2 amide bonds. The Bertz CT molecular complexity index is 1090. The number of benzene rings is 2. The summed E-state index contributed by atoms with van der Waals surface area (Å²) >= 11 is 6.07. The summed E-state index contributed by atoms with van der Waals surface area (Å²) in [5, 5.41) is 3.26. The smallest absolute Gasteiger partial charge is 0.244 e. The maximum absolute atomic E-state index is 13.7. The summed E-state index contributed by atoms with van der Waals surface area (Å²) in [5.41, 5.74) is 0.696. The highest BCUT2D eigenvalue weighted by molar-refractivity contribution is 7.92. The molecule has 0 radical (unpaired) electrons. The van der Waals surface area contributed by atoms with Crippen LogP contribution in [0.4, 0.5) is 10.1 Å². The Labute approximate surface area is 199 Å². The first-order valence-electron chi connectivity index (χ1n) is 10.4. The zero-order valence-corrected chi connectivity index (χ0v) is 20.7. The van der Waals surface area contributed by atoms with Crippen LogP contribution in [0.3, 0.4) is 0 Å². The van der Waals surface area contributed by atoms with E-state index < -0.39 is 34.3 Å². The van der Waals surface area contributed by atoms with Crippen LogP contribution in [0.15, 0.2) is 48.5 Å². The predicted octanol–water partition coefficient (Wildman–Crippen LogP) is 3.43. The lowest BCUT2D eigenvalue weighted by Crippen LogP contribution is -2.51. The number of nitrogens with one attached hydrogen (secondary N) is 1. The van der Waals surface area contributed by atoms with Gasteiger partial charge in [-0.05, 0) is 48.7 Å². The van der Waals surface area contributed by atoms with E-state index in [4.69, 9.17) is 11.6 Å². The molecule has 2 rings (SSSR count). The fraction of sp³-hybridized carbons (Fsp3) is 0.391. The van der Waals surface area contributed by atoms with Gasteiger partial charge in [-0.15, -0.1) is 0 Å². The summed E-state index contributed by atoms with van der Waals surface area (Å²) in [6, 6.07) is 10.9. The van der Waals surface area contributed by atoms with Gasteiger partial charge >= 0.3 is 0 Å². The highest BCUT2D eigenvalue weighted by Crippen LogP contribution is 2.20. The molecule has 1 atom stereocenters. The normalized spacial score (nSPS) is 12.3. The summed E-state index contributed by atoms with van der Waals surface area (Å²) in [4.78, 5) is 27.4. The molecule has 0 spiro atoms. The van der Waals surface area contributed by atoms with Gasteiger partial charge in [0, 0.05) is 18.1 Å². The molecular formula is C23H29ClFN3O4S. The van der Waals surface area contributed by atoms with Crippen LogP contribution < -0.4 is 9.62 Å². The zero-order valence-electron chi connectivity index (χ0n) is 19.1. The predicted molar refractivity (Wildman–Crippen MR) is 128 cm³/mol. The van der Waals surface area contributed by atoms with E-state index in [1.807, 2.05) is 13.8 Å². The first-order chi connectivity index (χ1) is 15.4. The van der Waals surface area contributed by atoms with Gasteiger partial charge in [0.2, 0.25) is 21.8 Å². The van der Waals surface area contributed by atoms with Crippen LogP contribution >= 0.6 is 11.6 Å². The van der Waals surface area contributed by atoms with Gasteiger partial charge in [-0.3, -0.25) is 13.9 Å². The van der Waals surface area contributed by atoms with E-state index in [-0.39, 0.29) is 24.1 Å². The van der Waals surface area contributed by atoms with Crippen LogP contribution in [0.2, 0.25) is 5.02 Å². The van der Waals surface area contributed by atoms with Gasteiger partial charge in [-0.25, -0.2) is 12.8 Å². The monoisotopic (exact) mass is 497 g/mol. The maximum atomic E-state index is 13.7. The number of anilines is 1. The molecule has 2 aromatic carbocycles. The van der Waals surface area contributed by atoms with Crippen molar-refractivity contribution in [2.45, 2.75) is 33.4 Å². The zero-order chi connectivity index (χ0) is 24.8. The van der Waals surface area contributed by atoms with Gasteiger partial charge in [-0.2, -0.15) is 0 Å². The molecule has 0 aliphatic rings. The lowest BCUT2D eigenvalue weighted by molar-refractivity contribution is -0.139. The Kier molecular flexibility index (Phi) is 9.25. The summed E-state index contributed by atoms with van der Waals surface area (Å²) in [6.07, 6.45) is 0.936. The Hall–Kier alpha value is -2.65. The molecule has 180 valence electrons. The minimum Gasteiger partial charge on any atom is -0.354 e. The van der Waals surface area contributed by atoms with Crippen molar-refractivity contribution >= 4 is 39.1 Å². The van der Waals surface area contributed by atoms with Crippen LogP contribution in [0.5, 0.6) is 0 Å². The highest BCUT2D eigenvalue weighted by atomic mass is 35.5. The molecule has 0 heterocycles. The van der Waals surface area contributed by atoms with Crippen LogP contribution in [-0.4, -0.2) is 50.5 Å². The molecule has 0 saturated heterocycles. The molecule has 1 unspecified atom stereocenters. The summed E-state index contributed by atoms with van der Waals surface area (Å²) in [5.74, 6) is -1.40. The van der Waals surface area contributed by atoms with E-state index >= 15 is 0 Å². The molecular weight excluding hydrogens is 469 g/mol. The average Bonchev–Trinajstić information content (AvgIpc) is 2.72. The van der Waals surface area contributed by atoms with Crippen molar-refractivity contribution in [1.82, 2.24) is 10.2 Å². The maximum Gasteiger partial charge on any atom is 0.244 e. The van der Waals surface area contributed by atoms with Gasteiger partial charge in [0.1, 0.15) is 18.4 Å². The van der Waals surface area contributed by atoms with Gasteiger partial charge in [-0.1, -0.05) is 43.6 Å². The van der Waals surface area contributed by atoms with Crippen molar-refractivity contribution in [3.63, 3.8) is 0 Å². The van der Waals surface area contributed by atoms with E-state index in [2.05, 4.69) is 5.32 Å². The SMILES string of the molecule is CC(C)CNC(=O)C(C)N(Cc1cccc(Cl)c1)C(=O)CN(c1cccc(F)c1)S(C)(=O)=O. The Morgan fingerprint density at radius 1 is 1.09 bits per heavy atom. The number of nitrogens with zero attached hydrogens (tertiary/aromatic N) is 2. The van der Waals surface area contributed by atoms with E-state index in [1.165, 1.54) is 23.1 Å². The van der Waals surface area contributed by atoms with Gasteiger partial charge in [0.05, 0.1) is 11.9 Å². The summed E-state index contributed by atoms with van der Waals surface area (Å²) in [6.45, 7) is 5.35. The van der Waals surface area contributed by atoms with Gasteiger partial charge in [0.15, 0.2) is 0 Å². The highest BCUT2D eigenvalue weighted by Gasteiger charge is 2.30. The van der Waals surface area contributed by atoms with Crippen molar-refractivity contribution in [2.75, 3.05) is 23.7 Å². The third-order valence-electron chi connectivity index (χ3n) is 4.87. The molecule has 0 fully saturated rings. The molecule has 0 bridgehead atoms. The topological polar surface area (TPSA) is 86.8 Å². The van der Waals surface area contributed by atoms with E-state index in [1.54, 1.807) is 31.2 Å². The van der Waals surface area contributed by atoms with Crippen molar-refractivity contribution in [3.8, 4) is 0 Å². The van der Waals surface area contributed by atoms with Gasteiger partial charge < -0.3 is 10.2 Å². The van der Waals surface area contributed by atoms with Crippen molar-refractivity contribution in [3.05, 3.63) is 64.9 Å². The molecule has 0 aliphatic heterocycles. The number of carbonyl (C=O) groups excluding carboxylic acids is 2. The minimum absolute atomic E-state index is 0.0190. The molecule has 1 N–H and O–H groups in total. The number of hydrogen-bond acceptors (Lipinski definition) is 4. The van der Waals surface area contributed by atoms with Crippen LogP contribution in [-0.2, 0) is 26.2 Å². The second-order valence-electron chi connectivity index (χ2n) is 8.22. The van der Waals surface area contributed by atoms with Gasteiger partial charge in [0.25, 0.3) is 0 Å². The number of carbonyl (C=O) groups is 2. The minimum atomic E-state index is -3.91. The van der Waals surface area contributed by atoms with E-state index in [0.29, 0.717) is 17.1 Å². The van der Waals surface area contributed by atoms with Crippen LogP contribution in [0.1, 0.15) is 26.3 Å². The second-order valence-corrected chi connectivity index (χ2v) is 10.6. The summed E-state index contributed by atoms with van der Waals surface area (Å²) < 4.78 is 39.4. The molecule has 0 aromatic heterocycles. The molecule has 2 aromatic rings. The lowest BCUT2D eigenvalue weighted by atomic mass is 10.1. The summed E-state index contributed by atoms with van der Waals surface area (Å²) in [7, 11) is -3.91. The largest absolute Gasteiger partial charge is 0.354 e. The second kappa shape index (κ2) is 11.5. The number of sulfonamides is 1. The van der Waals surface area contributed by atoms with Crippen LogP contribution in [0, 0.1) is 11.7 Å². The Morgan fingerprint density at radius 3 is 2.33 bits per heavy atom. The Balaban J connectivity index is 2.36. The molecule has 7 nitrogen and oxygen atoms in total.